The van der Waals surface area contributed by atoms with Crippen LogP contribution in [0.5, 0.6) is 5.75 Å². The number of pyridine rings is 1. The third-order valence-corrected chi connectivity index (χ3v) is 5.38. The molecule has 2 heterocycles. The van der Waals surface area contributed by atoms with Gasteiger partial charge in [-0.15, -0.1) is 0 Å². The minimum Gasteiger partial charge on any atom is -0.496 e. The van der Waals surface area contributed by atoms with Crippen LogP contribution in [0.3, 0.4) is 0 Å². The van der Waals surface area contributed by atoms with Crippen molar-refractivity contribution < 1.29 is 9.53 Å². The number of fused-ring (bicyclic) bond motifs is 1. The van der Waals surface area contributed by atoms with E-state index in [1.54, 1.807) is 7.11 Å². The molecular formula is C25H25N3O2. The van der Waals surface area contributed by atoms with E-state index in [4.69, 9.17) is 4.74 Å². The standard InChI is InChI=1S/C25H25N3O2/c1-18(19-10-4-3-5-11-19)27-25(29)16-21(20-12-6-7-13-23(20)30-2)22-17-26-24-14-8-9-15-28(22)24/h3-15,17-18,21H,16H2,1-2H3,(H,27,29). The summed E-state index contributed by atoms with van der Waals surface area (Å²) in [5, 5.41) is 3.13. The Hall–Kier alpha value is -3.60. The zero-order valence-electron chi connectivity index (χ0n) is 17.2. The van der Waals surface area contributed by atoms with Crippen LogP contribution in [-0.2, 0) is 4.79 Å². The van der Waals surface area contributed by atoms with Crippen LogP contribution in [0.15, 0.2) is 85.2 Å². The first kappa shape index (κ1) is 19.7. The van der Waals surface area contributed by atoms with Gasteiger partial charge in [-0.25, -0.2) is 4.98 Å². The summed E-state index contributed by atoms with van der Waals surface area (Å²) in [4.78, 5) is 17.6. The van der Waals surface area contributed by atoms with Gasteiger partial charge in [0.2, 0.25) is 5.91 Å². The molecule has 5 nitrogen and oxygen atoms in total. The SMILES string of the molecule is COc1ccccc1C(CC(=O)NC(C)c1ccccc1)c1cnc2ccccn12. The first-order chi connectivity index (χ1) is 14.7. The highest BCUT2D eigenvalue weighted by Gasteiger charge is 2.25. The summed E-state index contributed by atoms with van der Waals surface area (Å²) in [5.41, 5.74) is 3.85. The molecule has 2 unspecified atom stereocenters. The largest absolute Gasteiger partial charge is 0.496 e. The molecule has 1 amide bonds. The third kappa shape index (κ3) is 4.06. The summed E-state index contributed by atoms with van der Waals surface area (Å²) in [5.74, 6) is 0.548. The van der Waals surface area contributed by atoms with E-state index in [0.717, 1.165) is 28.2 Å². The topological polar surface area (TPSA) is 55.6 Å². The van der Waals surface area contributed by atoms with Gasteiger partial charge in [-0.3, -0.25) is 4.79 Å². The zero-order chi connectivity index (χ0) is 20.9. The number of nitrogens with one attached hydrogen (secondary N) is 1. The maximum absolute atomic E-state index is 13.1. The fraction of sp³-hybridized carbons (Fsp3) is 0.200. The first-order valence-corrected chi connectivity index (χ1v) is 10.1. The second-order valence-corrected chi connectivity index (χ2v) is 7.31. The van der Waals surface area contributed by atoms with Crippen LogP contribution in [0, 0.1) is 0 Å². The molecule has 4 aromatic rings. The van der Waals surface area contributed by atoms with Crippen LogP contribution in [0.25, 0.3) is 5.65 Å². The Morgan fingerprint density at radius 2 is 1.77 bits per heavy atom. The number of rotatable bonds is 7. The maximum Gasteiger partial charge on any atom is 0.221 e. The third-order valence-electron chi connectivity index (χ3n) is 5.38. The Balaban J connectivity index is 1.66. The Morgan fingerprint density at radius 1 is 1.03 bits per heavy atom. The molecule has 4 rings (SSSR count). The first-order valence-electron chi connectivity index (χ1n) is 10.1. The number of ether oxygens (including phenoxy) is 1. The molecule has 0 fully saturated rings. The Bertz CT molecular complexity index is 1140. The highest BCUT2D eigenvalue weighted by atomic mass is 16.5. The smallest absolute Gasteiger partial charge is 0.221 e. The van der Waals surface area contributed by atoms with Gasteiger partial charge in [-0.2, -0.15) is 0 Å². The molecule has 30 heavy (non-hydrogen) atoms. The fourth-order valence-electron chi connectivity index (χ4n) is 3.85. The minimum absolute atomic E-state index is 0.0202. The summed E-state index contributed by atoms with van der Waals surface area (Å²) >= 11 is 0. The van der Waals surface area contributed by atoms with Crippen molar-refractivity contribution in [3.63, 3.8) is 0 Å². The molecule has 2 atom stereocenters. The number of carbonyl (C=O) groups excluding carboxylic acids is 1. The summed E-state index contributed by atoms with van der Waals surface area (Å²) in [7, 11) is 1.65. The van der Waals surface area contributed by atoms with Crippen LogP contribution in [0.2, 0.25) is 0 Å². The molecule has 0 saturated heterocycles. The minimum atomic E-state index is -0.193. The second kappa shape index (κ2) is 8.82. The van der Waals surface area contributed by atoms with Gasteiger partial charge in [0.15, 0.2) is 0 Å². The van der Waals surface area contributed by atoms with E-state index >= 15 is 0 Å². The molecular weight excluding hydrogens is 374 g/mol. The van der Waals surface area contributed by atoms with E-state index in [0.29, 0.717) is 6.42 Å². The maximum atomic E-state index is 13.1. The molecule has 2 aromatic heterocycles. The number of methoxy groups -OCH3 is 1. The second-order valence-electron chi connectivity index (χ2n) is 7.31. The van der Waals surface area contributed by atoms with E-state index in [-0.39, 0.29) is 17.9 Å². The molecule has 0 saturated carbocycles. The van der Waals surface area contributed by atoms with E-state index in [9.17, 15) is 4.79 Å². The zero-order valence-corrected chi connectivity index (χ0v) is 17.2. The summed E-state index contributed by atoms with van der Waals surface area (Å²) in [6, 6.07) is 23.6. The number of amides is 1. The molecule has 2 aromatic carbocycles. The van der Waals surface area contributed by atoms with E-state index in [2.05, 4.69) is 10.3 Å². The van der Waals surface area contributed by atoms with Gasteiger partial charge in [0.05, 0.1) is 18.8 Å². The predicted molar refractivity (Wildman–Crippen MR) is 118 cm³/mol. The molecule has 0 aliphatic carbocycles. The van der Waals surface area contributed by atoms with Crippen LogP contribution < -0.4 is 10.1 Å². The van der Waals surface area contributed by atoms with E-state index in [1.165, 1.54) is 0 Å². The van der Waals surface area contributed by atoms with Crippen molar-refractivity contribution in [3.05, 3.63) is 102 Å². The van der Waals surface area contributed by atoms with Gasteiger partial charge in [0.1, 0.15) is 11.4 Å². The van der Waals surface area contributed by atoms with E-state index in [1.807, 2.05) is 96.5 Å². The number of carbonyl (C=O) groups is 1. The molecule has 0 bridgehead atoms. The Morgan fingerprint density at radius 3 is 2.57 bits per heavy atom. The number of nitrogens with zero attached hydrogens (tertiary/aromatic N) is 2. The fourth-order valence-corrected chi connectivity index (χ4v) is 3.85. The molecule has 1 N–H and O–H groups in total. The van der Waals surface area contributed by atoms with Gasteiger partial charge in [-0.1, -0.05) is 54.6 Å². The number of hydrogen-bond acceptors (Lipinski definition) is 3. The molecule has 0 aliphatic rings. The molecule has 5 heteroatoms. The van der Waals surface area contributed by atoms with Crippen molar-refractivity contribution in [3.8, 4) is 5.75 Å². The number of para-hydroxylation sites is 1. The molecule has 0 spiro atoms. The average Bonchev–Trinajstić information content (AvgIpc) is 3.22. The monoisotopic (exact) mass is 399 g/mol. The summed E-state index contributed by atoms with van der Waals surface area (Å²) < 4.78 is 7.64. The van der Waals surface area contributed by atoms with Crippen LogP contribution in [-0.4, -0.2) is 22.4 Å². The Labute approximate surface area is 176 Å². The van der Waals surface area contributed by atoms with Crippen molar-refractivity contribution in [2.45, 2.75) is 25.3 Å². The molecule has 0 radical (unpaired) electrons. The summed E-state index contributed by atoms with van der Waals surface area (Å²) in [6.07, 6.45) is 4.12. The van der Waals surface area contributed by atoms with Crippen molar-refractivity contribution >= 4 is 11.6 Å². The van der Waals surface area contributed by atoms with Crippen LogP contribution >= 0.6 is 0 Å². The average molecular weight is 399 g/mol. The quantitative estimate of drug-likeness (QED) is 0.488. The van der Waals surface area contributed by atoms with Crippen LogP contribution in [0.4, 0.5) is 0 Å². The lowest BCUT2D eigenvalue weighted by Crippen LogP contribution is -2.28. The number of hydrogen-bond donors (Lipinski definition) is 1. The lowest BCUT2D eigenvalue weighted by atomic mass is 9.91. The highest BCUT2D eigenvalue weighted by molar-refractivity contribution is 5.78. The van der Waals surface area contributed by atoms with Crippen molar-refractivity contribution in [2.24, 2.45) is 0 Å². The van der Waals surface area contributed by atoms with Gasteiger partial charge in [0.25, 0.3) is 0 Å². The predicted octanol–water partition coefficient (Wildman–Crippen LogP) is 4.74. The van der Waals surface area contributed by atoms with Gasteiger partial charge in [-0.05, 0) is 30.7 Å². The van der Waals surface area contributed by atoms with Crippen molar-refractivity contribution in [1.82, 2.24) is 14.7 Å². The normalized spacial score (nSPS) is 13.0. The molecule has 152 valence electrons. The lowest BCUT2D eigenvalue weighted by molar-refractivity contribution is -0.122. The molecule has 0 aliphatic heterocycles. The van der Waals surface area contributed by atoms with Gasteiger partial charge < -0.3 is 14.5 Å². The number of aromatic nitrogens is 2. The lowest BCUT2D eigenvalue weighted by Gasteiger charge is -2.21. The summed E-state index contributed by atoms with van der Waals surface area (Å²) in [6.45, 7) is 2.00. The van der Waals surface area contributed by atoms with Gasteiger partial charge in [0, 0.05) is 30.3 Å². The Kier molecular flexibility index (Phi) is 5.80. The van der Waals surface area contributed by atoms with Crippen molar-refractivity contribution in [1.29, 1.82) is 0 Å². The number of benzene rings is 2. The highest BCUT2D eigenvalue weighted by Crippen LogP contribution is 2.34. The number of imidazole rings is 1. The van der Waals surface area contributed by atoms with Crippen molar-refractivity contribution in [2.75, 3.05) is 7.11 Å². The van der Waals surface area contributed by atoms with E-state index < -0.39 is 0 Å². The van der Waals surface area contributed by atoms with Gasteiger partial charge >= 0.3 is 0 Å². The van der Waals surface area contributed by atoms with Crippen LogP contribution in [0.1, 0.15) is 42.1 Å².